The van der Waals surface area contributed by atoms with Gasteiger partial charge in [0.1, 0.15) is 18.0 Å². The number of hydrogen-bond donors (Lipinski definition) is 2. The van der Waals surface area contributed by atoms with Crippen molar-refractivity contribution < 1.29 is 13.6 Å². The molecular formula is C20H18F2N6O. The molecule has 1 aliphatic rings. The number of anilines is 2. The minimum Gasteiger partial charge on any atom is -0.396 e. The van der Waals surface area contributed by atoms with Crippen LogP contribution < -0.4 is 11.1 Å². The van der Waals surface area contributed by atoms with E-state index in [1.165, 1.54) is 24.5 Å². The zero-order chi connectivity index (χ0) is 20.4. The van der Waals surface area contributed by atoms with E-state index >= 15 is 0 Å². The highest BCUT2D eigenvalue weighted by molar-refractivity contribution is 5.92. The molecule has 0 saturated carbocycles. The number of nitrogens with one attached hydrogen (secondary N) is 1. The summed E-state index contributed by atoms with van der Waals surface area (Å²) in [6.45, 7) is 1.17. The lowest BCUT2D eigenvalue weighted by atomic mass is 9.95. The standard InChI is InChI=1S/C20H18F2N6O/c21-13-1-2-15(16(22)8-13)18-4-3-17(23)19(26-18)27-20(29)28-9-12(10-28)7-14-5-6-24-11-25-14/h1-6,8,11-12H,7,9-10,23H2,(H,26,27,29). The topological polar surface area (TPSA) is 97.0 Å². The van der Waals surface area contributed by atoms with E-state index in [0.29, 0.717) is 19.0 Å². The summed E-state index contributed by atoms with van der Waals surface area (Å²) in [5.74, 6) is -0.963. The summed E-state index contributed by atoms with van der Waals surface area (Å²) in [6.07, 6.45) is 3.97. The van der Waals surface area contributed by atoms with Gasteiger partial charge < -0.3 is 10.6 Å². The van der Waals surface area contributed by atoms with Crippen LogP contribution in [-0.4, -0.2) is 39.0 Å². The van der Waals surface area contributed by atoms with Crippen LogP contribution in [0.4, 0.5) is 25.1 Å². The molecule has 9 heteroatoms. The molecule has 2 aromatic heterocycles. The first kappa shape index (κ1) is 18.7. The predicted molar refractivity (Wildman–Crippen MR) is 104 cm³/mol. The lowest BCUT2D eigenvalue weighted by molar-refractivity contribution is 0.130. The Balaban J connectivity index is 1.41. The highest BCUT2D eigenvalue weighted by Gasteiger charge is 2.31. The number of pyridine rings is 1. The van der Waals surface area contributed by atoms with E-state index < -0.39 is 11.6 Å². The molecular weight excluding hydrogens is 378 g/mol. The van der Waals surface area contributed by atoms with E-state index in [-0.39, 0.29) is 28.8 Å². The van der Waals surface area contributed by atoms with Crippen LogP contribution in [0, 0.1) is 17.6 Å². The van der Waals surface area contributed by atoms with Crippen LogP contribution in [0.2, 0.25) is 0 Å². The van der Waals surface area contributed by atoms with Crippen molar-refractivity contribution in [3.8, 4) is 11.3 Å². The van der Waals surface area contributed by atoms with Crippen LogP contribution in [-0.2, 0) is 6.42 Å². The Hall–Kier alpha value is -3.62. The molecule has 4 rings (SSSR count). The fraction of sp³-hybridized carbons (Fsp3) is 0.200. The predicted octanol–water partition coefficient (Wildman–Crippen LogP) is 3.11. The van der Waals surface area contributed by atoms with E-state index in [1.54, 1.807) is 11.1 Å². The minimum absolute atomic E-state index is 0.121. The van der Waals surface area contributed by atoms with Crippen LogP contribution in [0.1, 0.15) is 5.69 Å². The van der Waals surface area contributed by atoms with Crippen molar-refractivity contribution in [3.05, 3.63) is 66.3 Å². The molecule has 3 N–H and O–H groups in total. The molecule has 0 atom stereocenters. The number of likely N-dealkylation sites (tertiary alicyclic amines) is 1. The maximum atomic E-state index is 14.0. The molecule has 3 aromatic rings. The molecule has 3 heterocycles. The Bertz CT molecular complexity index is 1040. The molecule has 0 radical (unpaired) electrons. The van der Waals surface area contributed by atoms with Crippen molar-refractivity contribution in [2.45, 2.75) is 6.42 Å². The van der Waals surface area contributed by atoms with Crippen molar-refractivity contribution in [1.29, 1.82) is 0 Å². The number of rotatable bonds is 4. The second kappa shape index (κ2) is 7.78. The van der Waals surface area contributed by atoms with E-state index in [1.807, 2.05) is 6.07 Å². The number of nitrogen functional groups attached to an aromatic ring is 1. The monoisotopic (exact) mass is 396 g/mol. The zero-order valence-corrected chi connectivity index (χ0v) is 15.3. The highest BCUT2D eigenvalue weighted by atomic mass is 19.1. The SMILES string of the molecule is Nc1ccc(-c2ccc(F)cc2F)nc1NC(=O)N1CC(Cc2ccncn2)C1. The maximum absolute atomic E-state index is 14.0. The number of hydrogen-bond acceptors (Lipinski definition) is 5. The summed E-state index contributed by atoms with van der Waals surface area (Å²) in [6, 6.07) is 7.78. The van der Waals surface area contributed by atoms with Gasteiger partial charge in [0, 0.05) is 36.6 Å². The van der Waals surface area contributed by atoms with E-state index in [2.05, 4.69) is 20.3 Å². The lowest BCUT2D eigenvalue weighted by Gasteiger charge is -2.39. The Labute approximate surface area is 165 Å². The smallest absolute Gasteiger partial charge is 0.323 e. The normalized spacial score (nSPS) is 13.8. The fourth-order valence-electron chi connectivity index (χ4n) is 3.20. The molecule has 0 unspecified atom stereocenters. The number of nitrogens with zero attached hydrogens (tertiary/aromatic N) is 4. The van der Waals surface area contributed by atoms with Gasteiger partial charge in [-0.1, -0.05) is 0 Å². The van der Waals surface area contributed by atoms with Gasteiger partial charge in [-0.15, -0.1) is 0 Å². The van der Waals surface area contributed by atoms with Gasteiger partial charge in [-0.3, -0.25) is 5.32 Å². The number of aromatic nitrogens is 3. The van der Waals surface area contributed by atoms with Gasteiger partial charge in [0.25, 0.3) is 0 Å². The van der Waals surface area contributed by atoms with Gasteiger partial charge in [-0.05, 0) is 42.7 Å². The van der Waals surface area contributed by atoms with Crippen LogP contribution in [0.3, 0.4) is 0 Å². The number of urea groups is 1. The van der Waals surface area contributed by atoms with Gasteiger partial charge in [-0.25, -0.2) is 28.5 Å². The molecule has 148 valence electrons. The second-order valence-electron chi connectivity index (χ2n) is 6.86. The van der Waals surface area contributed by atoms with Crippen LogP contribution in [0.25, 0.3) is 11.3 Å². The van der Waals surface area contributed by atoms with Crippen molar-refractivity contribution in [1.82, 2.24) is 19.9 Å². The average Bonchev–Trinajstić information content (AvgIpc) is 2.67. The molecule has 1 saturated heterocycles. The number of carbonyl (C=O) groups is 1. The molecule has 7 nitrogen and oxygen atoms in total. The molecule has 0 spiro atoms. The Morgan fingerprint density at radius 2 is 2.03 bits per heavy atom. The summed E-state index contributed by atoms with van der Waals surface area (Å²) in [5.41, 5.74) is 7.46. The Kier molecular flexibility index (Phi) is 5.03. The number of amides is 2. The van der Waals surface area contributed by atoms with Crippen molar-refractivity contribution in [2.75, 3.05) is 24.1 Å². The summed E-state index contributed by atoms with van der Waals surface area (Å²) >= 11 is 0. The van der Waals surface area contributed by atoms with Crippen LogP contribution in [0.15, 0.2) is 48.9 Å². The third-order valence-corrected chi connectivity index (χ3v) is 4.74. The van der Waals surface area contributed by atoms with Gasteiger partial charge in [0.2, 0.25) is 0 Å². The van der Waals surface area contributed by atoms with Gasteiger partial charge >= 0.3 is 6.03 Å². The van der Waals surface area contributed by atoms with Crippen molar-refractivity contribution in [2.24, 2.45) is 5.92 Å². The highest BCUT2D eigenvalue weighted by Crippen LogP contribution is 2.27. The molecule has 0 aliphatic carbocycles. The largest absolute Gasteiger partial charge is 0.396 e. The quantitative estimate of drug-likeness (QED) is 0.706. The van der Waals surface area contributed by atoms with E-state index in [0.717, 1.165) is 24.2 Å². The Morgan fingerprint density at radius 1 is 1.21 bits per heavy atom. The summed E-state index contributed by atoms with van der Waals surface area (Å²) in [7, 11) is 0. The average molecular weight is 396 g/mol. The zero-order valence-electron chi connectivity index (χ0n) is 15.3. The maximum Gasteiger partial charge on any atom is 0.323 e. The fourth-order valence-corrected chi connectivity index (χ4v) is 3.20. The van der Waals surface area contributed by atoms with E-state index in [4.69, 9.17) is 5.73 Å². The van der Waals surface area contributed by atoms with E-state index in [9.17, 15) is 13.6 Å². The third kappa shape index (κ3) is 4.13. The molecule has 0 bridgehead atoms. The second-order valence-corrected chi connectivity index (χ2v) is 6.86. The van der Waals surface area contributed by atoms with Gasteiger partial charge in [0.15, 0.2) is 5.82 Å². The number of nitrogens with two attached hydrogens (primary N) is 1. The molecule has 1 aliphatic heterocycles. The number of carbonyl (C=O) groups excluding carboxylic acids is 1. The van der Waals surface area contributed by atoms with Gasteiger partial charge in [0.05, 0.1) is 11.4 Å². The first-order valence-electron chi connectivity index (χ1n) is 9.02. The third-order valence-electron chi connectivity index (χ3n) is 4.74. The summed E-state index contributed by atoms with van der Waals surface area (Å²) in [4.78, 5) is 26.4. The lowest BCUT2D eigenvalue weighted by Crippen LogP contribution is -2.52. The Morgan fingerprint density at radius 3 is 2.76 bits per heavy atom. The number of halogens is 2. The summed E-state index contributed by atoms with van der Waals surface area (Å²) in [5, 5.41) is 2.67. The minimum atomic E-state index is -0.741. The molecule has 1 aromatic carbocycles. The summed E-state index contributed by atoms with van der Waals surface area (Å²) < 4.78 is 27.2. The van der Waals surface area contributed by atoms with Crippen molar-refractivity contribution >= 4 is 17.5 Å². The van der Waals surface area contributed by atoms with Crippen molar-refractivity contribution in [3.63, 3.8) is 0 Å². The van der Waals surface area contributed by atoms with Crippen LogP contribution >= 0.6 is 0 Å². The molecule has 2 amide bonds. The van der Waals surface area contributed by atoms with Crippen LogP contribution in [0.5, 0.6) is 0 Å². The first-order chi connectivity index (χ1) is 14.0. The first-order valence-corrected chi connectivity index (χ1v) is 9.02. The molecule has 29 heavy (non-hydrogen) atoms. The van der Waals surface area contributed by atoms with Gasteiger partial charge in [-0.2, -0.15) is 0 Å². The number of benzene rings is 1. The molecule has 1 fully saturated rings.